The fourth-order valence-electron chi connectivity index (χ4n) is 2.35. The van der Waals surface area contributed by atoms with E-state index in [1.54, 1.807) is 0 Å². The van der Waals surface area contributed by atoms with Crippen molar-refractivity contribution in [1.29, 1.82) is 0 Å². The Morgan fingerprint density at radius 3 is 2.22 bits per heavy atom. The normalized spacial score (nSPS) is 25.9. The highest BCUT2D eigenvalue weighted by Crippen LogP contribution is 2.60. The predicted molar refractivity (Wildman–Crippen MR) is 62.3 cm³/mol. The summed E-state index contributed by atoms with van der Waals surface area (Å²) in [5.74, 6) is -0.174. The molecule has 1 fully saturated rings. The molecule has 0 spiro atoms. The molecule has 2 nitrogen and oxygen atoms in total. The van der Waals surface area contributed by atoms with E-state index in [9.17, 15) is 13.2 Å². The number of nitrogens with two attached hydrogens (primary N) is 1. The van der Waals surface area contributed by atoms with Crippen LogP contribution < -0.4 is 10.5 Å². The first-order chi connectivity index (χ1) is 8.12. The van der Waals surface area contributed by atoms with Crippen LogP contribution in [-0.4, -0.2) is 7.11 Å². The van der Waals surface area contributed by atoms with Crippen LogP contribution in [-0.2, 0) is 11.7 Å². The first-order valence-electron chi connectivity index (χ1n) is 5.66. The van der Waals surface area contributed by atoms with Gasteiger partial charge in [-0.1, -0.05) is 19.9 Å². The average molecular weight is 259 g/mol. The third kappa shape index (κ3) is 1.86. The van der Waals surface area contributed by atoms with E-state index in [2.05, 4.69) is 0 Å². The molecule has 0 saturated heterocycles. The van der Waals surface area contributed by atoms with Crippen LogP contribution in [0.5, 0.6) is 5.75 Å². The van der Waals surface area contributed by atoms with Gasteiger partial charge in [-0.2, -0.15) is 13.2 Å². The van der Waals surface area contributed by atoms with Crippen LogP contribution in [0.15, 0.2) is 18.2 Å². The smallest absolute Gasteiger partial charge is 0.419 e. The van der Waals surface area contributed by atoms with Crippen LogP contribution in [0.3, 0.4) is 0 Å². The Labute approximate surface area is 104 Å². The topological polar surface area (TPSA) is 35.2 Å². The molecule has 5 heteroatoms. The molecule has 0 bridgehead atoms. The number of methoxy groups -OCH3 is 1. The highest BCUT2D eigenvalue weighted by molar-refractivity contribution is 5.45. The van der Waals surface area contributed by atoms with Crippen molar-refractivity contribution in [3.8, 4) is 5.75 Å². The fourth-order valence-corrected chi connectivity index (χ4v) is 2.35. The zero-order valence-electron chi connectivity index (χ0n) is 10.6. The average Bonchev–Trinajstić information content (AvgIpc) is 2.77. The lowest BCUT2D eigenvalue weighted by molar-refractivity contribution is -0.138. The second-order valence-corrected chi connectivity index (χ2v) is 5.44. The summed E-state index contributed by atoms with van der Waals surface area (Å²) < 4.78 is 43.0. The van der Waals surface area contributed by atoms with Crippen molar-refractivity contribution in [2.75, 3.05) is 7.11 Å². The van der Waals surface area contributed by atoms with Gasteiger partial charge < -0.3 is 10.5 Å². The number of benzene rings is 1. The molecule has 1 aliphatic rings. The zero-order chi connectivity index (χ0) is 13.8. The second-order valence-electron chi connectivity index (χ2n) is 5.44. The van der Waals surface area contributed by atoms with Crippen molar-refractivity contribution in [3.63, 3.8) is 0 Å². The molecule has 0 radical (unpaired) electrons. The van der Waals surface area contributed by atoms with Crippen molar-refractivity contribution in [1.82, 2.24) is 0 Å². The maximum atomic E-state index is 12.7. The second kappa shape index (κ2) is 3.63. The molecule has 0 aliphatic heterocycles. The molecule has 2 N–H and O–H groups in total. The zero-order valence-corrected chi connectivity index (χ0v) is 10.6. The number of halogens is 3. The summed E-state index contributed by atoms with van der Waals surface area (Å²) in [5.41, 5.74) is 5.48. The van der Waals surface area contributed by atoms with Gasteiger partial charge in [0.1, 0.15) is 5.75 Å². The van der Waals surface area contributed by atoms with E-state index in [-0.39, 0.29) is 11.2 Å². The summed E-state index contributed by atoms with van der Waals surface area (Å²) in [6.45, 7) is 3.99. The van der Waals surface area contributed by atoms with Gasteiger partial charge in [-0.05, 0) is 29.5 Å². The van der Waals surface area contributed by atoms with Gasteiger partial charge in [0.15, 0.2) is 0 Å². The van der Waals surface area contributed by atoms with E-state index in [4.69, 9.17) is 10.5 Å². The Hall–Kier alpha value is -1.23. The Kier molecular flexibility index (Phi) is 2.67. The van der Waals surface area contributed by atoms with Crippen molar-refractivity contribution in [3.05, 3.63) is 29.3 Å². The minimum atomic E-state index is -4.41. The Morgan fingerprint density at radius 1 is 1.28 bits per heavy atom. The molecular formula is C13H16F3NO. The van der Waals surface area contributed by atoms with Gasteiger partial charge in [0.05, 0.1) is 12.7 Å². The Bertz CT molecular complexity index is 482. The van der Waals surface area contributed by atoms with Crippen LogP contribution in [0.4, 0.5) is 13.2 Å². The molecule has 1 unspecified atom stereocenters. The standard InChI is InChI=1S/C13H16F3NO/c1-11(2)7-12(11,17)8-4-5-9(13(14,15)16)10(6-8)18-3/h4-6H,7,17H2,1-3H3. The van der Waals surface area contributed by atoms with Gasteiger partial charge in [0, 0.05) is 5.54 Å². The van der Waals surface area contributed by atoms with Crippen LogP contribution >= 0.6 is 0 Å². The highest BCUT2D eigenvalue weighted by Gasteiger charge is 2.59. The van der Waals surface area contributed by atoms with Gasteiger partial charge in [-0.15, -0.1) is 0 Å². The maximum Gasteiger partial charge on any atom is 0.419 e. The van der Waals surface area contributed by atoms with E-state index in [1.165, 1.54) is 19.2 Å². The van der Waals surface area contributed by atoms with Gasteiger partial charge >= 0.3 is 6.18 Å². The van der Waals surface area contributed by atoms with Gasteiger partial charge in [0.2, 0.25) is 0 Å². The van der Waals surface area contributed by atoms with E-state index < -0.39 is 17.3 Å². The van der Waals surface area contributed by atoms with Gasteiger partial charge in [0.25, 0.3) is 0 Å². The molecule has 0 heterocycles. The number of ether oxygens (including phenoxy) is 1. The molecule has 1 atom stereocenters. The molecular weight excluding hydrogens is 243 g/mol. The summed E-state index contributed by atoms with van der Waals surface area (Å²) >= 11 is 0. The molecule has 1 aromatic carbocycles. The van der Waals surface area contributed by atoms with Crippen molar-refractivity contribution < 1.29 is 17.9 Å². The minimum absolute atomic E-state index is 0.0856. The Morgan fingerprint density at radius 2 is 1.83 bits per heavy atom. The van der Waals surface area contributed by atoms with Gasteiger partial charge in [-0.3, -0.25) is 0 Å². The summed E-state index contributed by atoms with van der Waals surface area (Å²) in [5, 5.41) is 0. The highest BCUT2D eigenvalue weighted by atomic mass is 19.4. The van der Waals surface area contributed by atoms with Crippen LogP contribution in [0, 0.1) is 5.41 Å². The molecule has 1 aliphatic carbocycles. The molecule has 100 valence electrons. The Balaban J connectivity index is 2.44. The van der Waals surface area contributed by atoms with Gasteiger partial charge in [-0.25, -0.2) is 0 Å². The third-order valence-electron chi connectivity index (χ3n) is 3.83. The molecule has 0 aromatic heterocycles. The van der Waals surface area contributed by atoms with E-state index in [1.807, 2.05) is 13.8 Å². The van der Waals surface area contributed by atoms with Crippen LogP contribution in [0.25, 0.3) is 0 Å². The molecule has 18 heavy (non-hydrogen) atoms. The lowest BCUT2D eigenvalue weighted by Gasteiger charge is -2.19. The number of rotatable bonds is 2. The minimum Gasteiger partial charge on any atom is -0.496 e. The SMILES string of the molecule is COc1cc(C2(N)CC2(C)C)ccc1C(F)(F)F. The lowest BCUT2D eigenvalue weighted by Crippen LogP contribution is -2.25. The lowest BCUT2D eigenvalue weighted by atomic mass is 9.95. The van der Waals surface area contributed by atoms with Crippen molar-refractivity contribution in [2.45, 2.75) is 32.0 Å². The fraction of sp³-hybridized carbons (Fsp3) is 0.538. The van der Waals surface area contributed by atoms with E-state index in [0.29, 0.717) is 5.56 Å². The van der Waals surface area contributed by atoms with Crippen LogP contribution in [0.2, 0.25) is 0 Å². The third-order valence-corrected chi connectivity index (χ3v) is 3.83. The molecule has 0 amide bonds. The number of hydrogen-bond acceptors (Lipinski definition) is 2. The van der Waals surface area contributed by atoms with Crippen molar-refractivity contribution >= 4 is 0 Å². The number of alkyl halides is 3. The van der Waals surface area contributed by atoms with Crippen molar-refractivity contribution in [2.24, 2.45) is 11.1 Å². The monoisotopic (exact) mass is 259 g/mol. The van der Waals surface area contributed by atoms with E-state index in [0.717, 1.165) is 12.5 Å². The number of hydrogen-bond donors (Lipinski definition) is 1. The predicted octanol–water partition coefficient (Wildman–Crippen LogP) is 3.30. The maximum absolute atomic E-state index is 12.7. The molecule has 1 aromatic rings. The van der Waals surface area contributed by atoms with E-state index >= 15 is 0 Å². The largest absolute Gasteiger partial charge is 0.496 e. The summed E-state index contributed by atoms with van der Waals surface area (Å²) in [4.78, 5) is 0. The summed E-state index contributed by atoms with van der Waals surface area (Å²) in [6.07, 6.45) is -3.65. The summed E-state index contributed by atoms with van der Waals surface area (Å²) in [6, 6.07) is 3.88. The first kappa shape index (κ1) is 13.2. The first-order valence-corrected chi connectivity index (χ1v) is 5.66. The quantitative estimate of drug-likeness (QED) is 0.884. The van der Waals surface area contributed by atoms with Crippen LogP contribution in [0.1, 0.15) is 31.4 Å². The molecule has 1 saturated carbocycles. The summed E-state index contributed by atoms with van der Waals surface area (Å²) in [7, 11) is 1.23. The molecule has 2 rings (SSSR count).